The quantitative estimate of drug-likeness (QED) is 0.261. The van der Waals surface area contributed by atoms with Crippen molar-refractivity contribution in [2.45, 2.75) is 13.5 Å². The van der Waals surface area contributed by atoms with Crippen LogP contribution in [0.4, 0.5) is 5.69 Å². The third-order valence-corrected chi connectivity index (χ3v) is 5.78. The summed E-state index contributed by atoms with van der Waals surface area (Å²) in [6, 6.07) is 20.7. The van der Waals surface area contributed by atoms with Gasteiger partial charge in [0.1, 0.15) is 18.2 Å². The van der Waals surface area contributed by atoms with Gasteiger partial charge in [-0.3, -0.25) is 4.79 Å². The Kier molecular flexibility index (Phi) is 8.09. The van der Waals surface area contributed by atoms with Gasteiger partial charge in [0.05, 0.1) is 12.8 Å². The summed E-state index contributed by atoms with van der Waals surface area (Å²) in [4.78, 5) is 12.8. The third kappa shape index (κ3) is 6.00. The number of amides is 1. The fourth-order valence-corrected chi connectivity index (χ4v) is 4.56. The summed E-state index contributed by atoms with van der Waals surface area (Å²) in [6.07, 6.45) is 1.51. The zero-order valence-corrected chi connectivity index (χ0v) is 20.7. The summed E-state index contributed by atoms with van der Waals surface area (Å²) in [5.74, 6) is 0.570. The molecule has 0 aliphatic carbocycles. The first-order valence-corrected chi connectivity index (χ1v) is 11.2. The number of anilines is 1. The van der Waals surface area contributed by atoms with Gasteiger partial charge in [0.15, 0.2) is 11.5 Å². The Labute approximate surface area is 203 Å². The molecule has 162 valence electrons. The number of ether oxygens (including phenoxy) is 2. The maximum absolute atomic E-state index is 12.8. The lowest BCUT2D eigenvalue weighted by Gasteiger charge is -2.12. The van der Waals surface area contributed by atoms with Crippen LogP contribution >= 0.6 is 31.9 Å². The number of rotatable bonds is 7. The Balaban J connectivity index is 1.83. The molecule has 5 nitrogen and oxygen atoms in total. The van der Waals surface area contributed by atoms with Crippen LogP contribution in [0.15, 0.2) is 75.2 Å². The maximum Gasteiger partial charge on any atom is 0.266 e. The number of aryl methyl sites for hydroxylation is 1. The third-order valence-electron chi connectivity index (χ3n) is 4.53. The molecule has 3 aromatic rings. The highest BCUT2D eigenvalue weighted by atomic mass is 79.9. The molecule has 0 bridgehead atoms. The number of nitrogens with one attached hydrogen (secondary N) is 1. The normalized spacial score (nSPS) is 10.9. The van der Waals surface area contributed by atoms with Gasteiger partial charge in [-0.1, -0.05) is 36.4 Å². The minimum atomic E-state index is -0.514. The van der Waals surface area contributed by atoms with E-state index in [0.29, 0.717) is 29.4 Å². The number of nitrogens with zero attached hydrogens (tertiary/aromatic N) is 1. The van der Waals surface area contributed by atoms with Crippen LogP contribution in [-0.2, 0) is 11.4 Å². The van der Waals surface area contributed by atoms with Crippen molar-refractivity contribution in [3.63, 3.8) is 0 Å². The van der Waals surface area contributed by atoms with Gasteiger partial charge >= 0.3 is 0 Å². The second-order valence-corrected chi connectivity index (χ2v) is 8.62. The van der Waals surface area contributed by atoms with Crippen molar-refractivity contribution in [2.75, 3.05) is 12.4 Å². The van der Waals surface area contributed by atoms with Gasteiger partial charge in [-0.15, -0.1) is 0 Å². The average molecular weight is 556 g/mol. The van der Waals surface area contributed by atoms with Crippen molar-refractivity contribution in [1.29, 1.82) is 5.26 Å². The van der Waals surface area contributed by atoms with E-state index in [1.807, 2.05) is 55.5 Å². The first kappa shape index (κ1) is 23.6. The number of carbonyl (C=O) groups is 1. The number of benzene rings is 3. The average Bonchev–Trinajstić information content (AvgIpc) is 2.79. The van der Waals surface area contributed by atoms with E-state index in [1.54, 1.807) is 25.3 Å². The fraction of sp³-hybridized carbons (Fsp3) is 0.120. The van der Waals surface area contributed by atoms with E-state index in [0.717, 1.165) is 20.1 Å². The van der Waals surface area contributed by atoms with E-state index in [4.69, 9.17) is 9.47 Å². The van der Waals surface area contributed by atoms with Gasteiger partial charge in [-0.05, 0) is 85.8 Å². The minimum Gasteiger partial charge on any atom is -0.493 e. The van der Waals surface area contributed by atoms with E-state index in [1.165, 1.54) is 6.08 Å². The van der Waals surface area contributed by atoms with Gasteiger partial charge in [0.25, 0.3) is 5.91 Å². The number of hydrogen-bond donors (Lipinski definition) is 1. The Morgan fingerprint density at radius 3 is 2.38 bits per heavy atom. The number of halogens is 2. The van der Waals surface area contributed by atoms with Crippen molar-refractivity contribution in [3.05, 3.63) is 91.9 Å². The largest absolute Gasteiger partial charge is 0.493 e. The fourth-order valence-electron chi connectivity index (χ4n) is 2.95. The summed E-state index contributed by atoms with van der Waals surface area (Å²) >= 11 is 6.90. The van der Waals surface area contributed by atoms with Gasteiger partial charge in [-0.2, -0.15) is 5.26 Å². The van der Waals surface area contributed by atoms with Crippen LogP contribution in [0.25, 0.3) is 6.08 Å². The molecule has 0 spiro atoms. The lowest BCUT2D eigenvalue weighted by atomic mass is 10.1. The first-order chi connectivity index (χ1) is 15.4. The van der Waals surface area contributed by atoms with E-state index in [2.05, 4.69) is 37.2 Å². The van der Waals surface area contributed by atoms with Crippen LogP contribution in [0.2, 0.25) is 0 Å². The molecule has 0 saturated heterocycles. The molecule has 0 unspecified atom stereocenters. The van der Waals surface area contributed by atoms with E-state index in [9.17, 15) is 10.1 Å². The predicted molar refractivity (Wildman–Crippen MR) is 133 cm³/mol. The Bertz CT molecular complexity index is 1180. The van der Waals surface area contributed by atoms with Crippen LogP contribution in [0.1, 0.15) is 16.7 Å². The van der Waals surface area contributed by atoms with E-state index in [-0.39, 0.29) is 5.57 Å². The van der Waals surface area contributed by atoms with Gasteiger partial charge < -0.3 is 14.8 Å². The highest BCUT2D eigenvalue weighted by Gasteiger charge is 2.15. The number of hydrogen-bond acceptors (Lipinski definition) is 4. The molecule has 32 heavy (non-hydrogen) atoms. The second kappa shape index (κ2) is 11.0. The highest BCUT2D eigenvalue weighted by Crippen LogP contribution is 2.33. The van der Waals surface area contributed by atoms with E-state index < -0.39 is 5.91 Å². The molecule has 3 rings (SSSR count). The Morgan fingerprint density at radius 1 is 1.06 bits per heavy atom. The molecule has 1 amide bonds. The van der Waals surface area contributed by atoms with E-state index >= 15 is 0 Å². The van der Waals surface area contributed by atoms with Crippen LogP contribution in [0, 0.1) is 18.3 Å². The molecule has 0 aliphatic heterocycles. The molecule has 0 atom stereocenters. The number of carbonyl (C=O) groups excluding carboxylic acids is 1. The van der Waals surface area contributed by atoms with Crippen molar-refractivity contribution in [1.82, 2.24) is 0 Å². The van der Waals surface area contributed by atoms with Crippen molar-refractivity contribution >= 4 is 49.5 Å². The summed E-state index contributed by atoms with van der Waals surface area (Å²) in [6.45, 7) is 2.31. The zero-order chi connectivity index (χ0) is 23.1. The minimum absolute atomic E-state index is 0.0384. The van der Waals surface area contributed by atoms with Gasteiger partial charge in [-0.25, -0.2) is 0 Å². The predicted octanol–water partition coefficient (Wildman–Crippen LogP) is 6.65. The summed E-state index contributed by atoms with van der Waals surface area (Å²) in [5, 5.41) is 12.4. The van der Waals surface area contributed by atoms with Crippen molar-refractivity contribution in [2.24, 2.45) is 0 Å². The van der Waals surface area contributed by atoms with Crippen molar-refractivity contribution in [3.8, 4) is 17.6 Å². The SMILES string of the molecule is COc1ccc(/C=C(\C#N)C(=O)Nc2c(Br)cc(C)cc2Br)cc1OCc1ccccc1. The molecule has 0 saturated carbocycles. The smallest absolute Gasteiger partial charge is 0.266 e. The Hall–Kier alpha value is -3.08. The summed E-state index contributed by atoms with van der Waals surface area (Å²) < 4.78 is 12.7. The van der Waals surface area contributed by atoms with Crippen LogP contribution in [0.5, 0.6) is 11.5 Å². The Morgan fingerprint density at radius 2 is 1.75 bits per heavy atom. The number of methoxy groups -OCH3 is 1. The van der Waals surface area contributed by atoms with Gasteiger partial charge in [0.2, 0.25) is 0 Å². The molecule has 0 fully saturated rings. The molecule has 3 aromatic carbocycles. The lowest BCUT2D eigenvalue weighted by Crippen LogP contribution is -2.14. The molecule has 0 aliphatic rings. The van der Waals surface area contributed by atoms with Crippen LogP contribution in [0.3, 0.4) is 0 Å². The molecule has 0 aromatic heterocycles. The second-order valence-electron chi connectivity index (χ2n) is 6.91. The molecule has 0 heterocycles. The molecule has 7 heteroatoms. The standard InChI is InChI=1S/C25H20Br2N2O3/c1-16-10-20(26)24(21(27)11-16)29-25(30)19(14-28)12-18-8-9-22(31-2)23(13-18)32-15-17-6-4-3-5-7-17/h3-13H,15H2,1-2H3,(H,29,30)/b19-12+. The zero-order valence-electron chi connectivity index (χ0n) is 17.5. The summed E-state index contributed by atoms with van der Waals surface area (Å²) in [7, 11) is 1.56. The first-order valence-electron chi connectivity index (χ1n) is 9.65. The number of nitriles is 1. The topological polar surface area (TPSA) is 71.3 Å². The maximum atomic E-state index is 12.8. The lowest BCUT2D eigenvalue weighted by molar-refractivity contribution is -0.112. The molecular formula is C25H20Br2N2O3. The summed E-state index contributed by atoms with van der Waals surface area (Å²) in [5.41, 5.74) is 3.20. The molecule has 0 radical (unpaired) electrons. The van der Waals surface area contributed by atoms with Crippen LogP contribution in [-0.4, -0.2) is 13.0 Å². The highest BCUT2D eigenvalue weighted by molar-refractivity contribution is 9.11. The molecular weight excluding hydrogens is 536 g/mol. The van der Waals surface area contributed by atoms with Crippen molar-refractivity contribution < 1.29 is 14.3 Å². The molecule has 1 N–H and O–H groups in total. The van der Waals surface area contributed by atoms with Crippen LogP contribution < -0.4 is 14.8 Å². The van der Waals surface area contributed by atoms with Gasteiger partial charge in [0, 0.05) is 8.95 Å². The monoisotopic (exact) mass is 554 g/mol.